The molecular formula is C10H15NOS. The van der Waals surface area contributed by atoms with Crippen LogP contribution >= 0.6 is 11.8 Å². The summed E-state index contributed by atoms with van der Waals surface area (Å²) in [6.45, 7) is 3.90. The lowest BCUT2D eigenvalue weighted by Gasteiger charge is -2.04. The Labute approximate surface area is 83.4 Å². The molecule has 0 aliphatic rings. The van der Waals surface area contributed by atoms with Crippen molar-refractivity contribution in [3.05, 3.63) is 23.9 Å². The first-order valence-electron chi connectivity index (χ1n) is 4.51. The van der Waals surface area contributed by atoms with Gasteiger partial charge in [-0.2, -0.15) is 0 Å². The van der Waals surface area contributed by atoms with E-state index in [4.69, 9.17) is 0 Å². The van der Waals surface area contributed by atoms with Crippen molar-refractivity contribution in [2.45, 2.75) is 31.4 Å². The van der Waals surface area contributed by atoms with Gasteiger partial charge in [0.1, 0.15) is 0 Å². The minimum absolute atomic E-state index is 0.419. The van der Waals surface area contributed by atoms with Gasteiger partial charge in [0.05, 0.1) is 11.1 Å². The summed E-state index contributed by atoms with van der Waals surface area (Å²) >= 11 is 1.75. The van der Waals surface area contributed by atoms with Crippen molar-refractivity contribution >= 4 is 11.8 Å². The second-order valence-electron chi connectivity index (χ2n) is 2.95. The fourth-order valence-electron chi connectivity index (χ4n) is 0.931. The first-order chi connectivity index (χ1) is 6.24. The van der Waals surface area contributed by atoms with E-state index in [1.54, 1.807) is 24.9 Å². The molecule has 0 aliphatic heterocycles. The third kappa shape index (κ3) is 3.36. The molecule has 0 radical (unpaired) electrons. The average Bonchev–Trinajstić information content (AvgIpc) is 2.15. The van der Waals surface area contributed by atoms with E-state index >= 15 is 0 Å². The van der Waals surface area contributed by atoms with Crippen LogP contribution in [0.5, 0.6) is 0 Å². The van der Waals surface area contributed by atoms with Crippen molar-refractivity contribution in [2.75, 3.05) is 5.75 Å². The van der Waals surface area contributed by atoms with E-state index in [2.05, 4.69) is 11.9 Å². The molecular weight excluding hydrogens is 182 g/mol. The summed E-state index contributed by atoms with van der Waals surface area (Å²) in [6.07, 6.45) is 2.48. The summed E-state index contributed by atoms with van der Waals surface area (Å²) in [4.78, 5) is 4.24. The lowest BCUT2D eigenvalue weighted by Crippen LogP contribution is -1.92. The molecule has 0 saturated carbocycles. The third-order valence-corrected chi connectivity index (χ3v) is 2.85. The Morgan fingerprint density at radius 1 is 1.54 bits per heavy atom. The van der Waals surface area contributed by atoms with Gasteiger partial charge >= 0.3 is 0 Å². The van der Waals surface area contributed by atoms with Crippen LogP contribution in [-0.4, -0.2) is 15.8 Å². The van der Waals surface area contributed by atoms with Crippen molar-refractivity contribution in [3.63, 3.8) is 0 Å². The van der Waals surface area contributed by atoms with Gasteiger partial charge in [-0.05, 0) is 30.7 Å². The van der Waals surface area contributed by atoms with E-state index in [1.165, 1.54) is 0 Å². The Kier molecular flexibility index (Phi) is 4.25. The number of aromatic nitrogens is 1. The molecule has 72 valence electrons. The van der Waals surface area contributed by atoms with Crippen LogP contribution in [0.4, 0.5) is 0 Å². The van der Waals surface area contributed by atoms with E-state index in [-0.39, 0.29) is 0 Å². The summed E-state index contributed by atoms with van der Waals surface area (Å²) < 4.78 is 0. The van der Waals surface area contributed by atoms with Crippen molar-refractivity contribution in [1.29, 1.82) is 0 Å². The van der Waals surface area contributed by atoms with Gasteiger partial charge in [0, 0.05) is 6.20 Å². The molecule has 1 atom stereocenters. The number of hydrogen-bond acceptors (Lipinski definition) is 3. The largest absolute Gasteiger partial charge is 0.389 e. The van der Waals surface area contributed by atoms with Gasteiger partial charge in [-0.25, -0.2) is 4.98 Å². The Balaban J connectivity index is 2.59. The SMILES string of the molecule is CCCSc1ccc(C(C)O)cn1. The molecule has 1 rings (SSSR count). The molecule has 2 nitrogen and oxygen atoms in total. The highest BCUT2D eigenvalue weighted by Crippen LogP contribution is 2.18. The summed E-state index contributed by atoms with van der Waals surface area (Å²) in [6, 6.07) is 3.89. The molecule has 0 amide bonds. The van der Waals surface area contributed by atoms with E-state index in [1.807, 2.05) is 12.1 Å². The molecule has 1 N–H and O–H groups in total. The maximum absolute atomic E-state index is 9.24. The van der Waals surface area contributed by atoms with Gasteiger partial charge in [-0.1, -0.05) is 13.0 Å². The molecule has 1 aromatic rings. The zero-order valence-corrected chi connectivity index (χ0v) is 8.84. The van der Waals surface area contributed by atoms with Gasteiger partial charge in [0.25, 0.3) is 0 Å². The molecule has 1 heterocycles. The molecule has 0 aromatic carbocycles. The fourth-order valence-corrected chi connectivity index (χ4v) is 1.64. The fraction of sp³-hybridized carbons (Fsp3) is 0.500. The Hall–Kier alpha value is -0.540. The van der Waals surface area contributed by atoms with Gasteiger partial charge in [0.2, 0.25) is 0 Å². The van der Waals surface area contributed by atoms with E-state index < -0.39 is 6.10 Å². The number of pyridine rings is 1. The zero-order valence-electron chi connectivity index (χ0n) is 8.03. The molecule has 1 aromatic heterocycles. The smallest absolute Gasteiger partial charge is 0.0960 e. The van der Waals surface area contributed by atoms with Gasteiger partial charge in [0.15, 0.2) is 0 Å². The van der Waals surface area contributed by atoms with Crippen LogP contribution in [0.3, 0.4) is 0 Å². The third-order valence-electron chi connectivity index (χ3n) is 1.70. The number of aliphatic hydroxyl groups excluding tert-OH is 1. The molecule has 13 heavy (non-hydrogen) atoms. The zero-order chi connectivity index (χ0) is 9.68. The van der Waals surface area contributed by atoms with Crippen LogP contribution in [0.15, 0.2) is 23.4 Å². The molecule has 1 unspecified atom stereocenters. The summed E-state index contributed by atoms with van der Waals surface area (Å²) in [5.74, 6) is 1.10. The minimum atomic E-state index is -0.419. The number of nitrogens with zero attached hydrogens (tertiary/aromatic N) is 1. The second kappa shape index (κ2) is 5.25. The Bertz CT molecular complexity index is 246. The monoisotopic (exact) mass is 197 g/mol. The number of thioether (sulfide) groups is 1. The highest BCUT2D eigenvalue weighted by Gasteiger charge is 2.00. The van der Waals surface area contributed by atoms with Crippen LogP contribution in [-0.2, 0) is 0 Å². The van der Waals surface area contributed by atoms with Crippen LogP contribution < -0.4 is 0 Å². The molecule has 0 aliphatic carbocycles. The number of rotatable bonds is 4. The maximum atomic E-state index is 9.24. The summed E-state index contributed by atoms with van der Waals surface area (Å²) in [7, 11) is 0. The van der Waals surface area contributed by atoms with Crippen LogP contribution in [0.1, 0.15) is 31.9 Å². The second-order valence-corrected chi connectivity index (χ2v) is 4.07. The molecule has 3 heteroatoms. The molecule has 0 saturated heterocycles. The van der Waals surface area contributed by atoms with Crippen molar-refractivity contribution in [3.8, 4) is 0 Å². The van der Waals surface area contributed by atoms with E-state index in [0.717, 1.165) is 22.8 Å². The van der Waals surface area contributed by atoms with E-state index in [9.17, 15) is 5.11 Å². The topological polar surface area (TPSA) is 33.1 Å². The summed E-state index contributed by atoms with van der Waals surface area (Å²) in [5, 5.41) is 10.3. The quantitative estimate of drug-likeness (QED) is 0.753. The lowest BCUT2D eigenvalue weighted by molar-refractivity contribution is 0.198. The highest BCUT2D eigenvalue weighted by molar-refractivity contribution is 7.99. The minimum Gasteiger partial charge on any atom is -0.389 e. The Morgan fingerprint density at radius 3 is 2.77 bits per heavy atom. The highest BCUT2D eigenvalue weighted by atomic mass is 32.2. The number of hydrogen-bond donors (Lipinski definition) is 1. The predicted molar refractivity (Wildman–Crippen MR) is 55.9 cm³/mol. The van der Waals surface area contributed by atoms with Crippen LogP contribution in [0.2, 0.25) is 0 Å². The summed E-state index contributed by atoms with van der Waals surface area (Å²) in [5.41, 5.74) is 0.876. The van der Waals surface area contributed by atoms with Crippen molar-refractivity contribution in [2.24, 2.45) is 0 Å². The first-order valence-corrected chi connectivity index (χ1v) is 5.49. The van der Waals surface area contributed by atoms with Gasteiger partial charge < -0.3 is 5.11 Å². The number of aliphatic hydroxyl groups is 1. The van der Waals surface area contributed by atoms with Crippen molar-refractivity contribution < 1.29 is 5.11 Å². The molecule has 0 spiro atoms. The van der Waals surface area contributed by atoms with E-state index in [0.29, 0.717) is 0 Å². The van der Waals surface area contributed by atoms with Crippen LogP contribution in [0, 0.1) is 0 Å². The Morgan fingerprint density at radius 2 is 2.31 bits per heavy atom. The van der Waals surface area contributed by atoms with Crippen LogP contribution in [0.25, 0.3) is 0 Å². The lowest BCUT2D eigenvalue weighted by atomic mass is 10.2. The molecule has 0 bridgehead atoms. The van der Waals surface area contributed by atoms with Crippen molar-refractivity contribution in [1.82, 2.24) is 4.98 Å². The standard InChI is InChI=1S/C10H15NOS/c1-3-6-13-10-5-4-9(7-11-10)8(2)12/h4-5,7-8,12H,3,6H2,1-2H3. The predicted octanol–water partition coefficient (Wildman–Crippen LogP) is 2.64. The molecule has 0 fully saturated rings. The normalized spacial score (nSPS) is 12.8. The average molecular weight is 197 g/mol. The maximum Gasteiger partial charge on any atom is 0.0960 e. The first kappa shape index (κ1) is 10.5. The van der Waals surface area contributed by atoms with Gasteiger partial charge in [-0.15, -0.1) is 11.8 Å². The van der Waals surface area contributed by atoms with Gasteiger partial charge in [-0.3, -0.25) is 0 Å².